The monoisotopic (exact) mass is 472 g/mol. The second-order valence-electron chi connectivity index (χ2n) is 8.58. The van der Waals surface area contributed by atoms with Gasteiger partial charge < -0.3 is 10.6 Å². The zero-order chi connectivity index (χ0) is 23.7. The van der Waals surface area contributed by atoms with Gasteiger partial charge in [0.25, 0.3) is 5.56 Å². The third kappa shape index (κ3) is 4.77. The van der Waals surface area contributed by atoms with Crippen molar-refractivity contribution in [1.29, 1.82) is 0 Å². The zero-order valence-corrected chi connectivity index (χ0v) is 19.5. The van der Waals surface area contributed by atoms with Crippen molar-refractivity contribution in [3.8, 4) is 11.1 Å². The van der Waals surface area contributed by atoms with Crippen LogP contribution in [0.15, 0.2) is 65.0 Å². The molecule has 1 aliphatic rings. The Bertz CT molecular complexity index is 1430. The van der Waals surface area contributed by atoms with Gasteiger partial charge in [-0.3, -0.25) is 19.0 Å². The number of aromatic nitrogens is 2. The Kier molecular flexibility index (Phi) is 5.98. The summed E-state index contributed by atoms with van der Waals surface area (Å²) in [6.07, 6.45) is 3.48. The smallest absolute Gasteiger partial charge is 0.262 e. The minimum atomic E-state index is -0.221. The summed E-state index contributed by atoms with van der Waals surface area (Å²) in [6.45, 7) is 2.24. The molecular weight excluding hydrogens is 448 g/mol. The number of carbonyl (C=O) groups is 2. The Morgan fingerprint density at radius 2 is 1.82 bits per heavy atom. The maximum Gasteiger partial charge on any atom is 0.262 e. The van der Waals surface area contributed by atoms with Crippen molar-refractivity contribution in [1.82, 2.24) is 9.55 Å². The molecule has 7 nitrogen and oxygen atoms in total. The zero-order valence-electron chi connectivity index (χ0n) is 18.7. The van der Waals surface area contributed by atoms with Crippen molar-refractivity contribution < 1.29 is 9.59 Å². The van der Waals surface area contributed by atoms with E-state index in [4.69, 9.17) is 0 Å². The number of rotatable bonds is 7. The number of fused-ring (bicyclic) bond motifs is 1. The van der Waals surface area contributed by atoms with E-state index in [1.54, 1.807) is 24.3 Å². The lowest BCUT2D eigenvalue weighted by atomic mass is 10.1. The van der Waals surface area contributed by atoms with Crippen molar-refractivity contribution in [3.05, 3.63) is 76.2 Å². The molecule has 0 radical (unpaired) electrons. The summed E-state index contributed by atoms with van der Waals surface area (Å²) >= 11 is 1.44. The lowest BCUT2D eigenvalue weighted by Crippen LogP contribution is -2.23. The highest BCUT2D eigenvalue weighted by molar-refractivity contribution is 7.17. The van der Waals surface area contributed by atoms with E-state index in [9.17, 15) is 14.4 Å². The van der Waals surface area contributed by atoms with E-state index in [-0.39, 0.29) is 36.3 Å². The highest BCUT2D eigenvalue weighted by atomic mass is 32.1. The number of aryl methyl sites for hydroxylation is 2. The Hall–Kier alpha value is -3.78. The number of carbonyl (C=O) groups excluding carboxylic acids is 2. The minimum Gasteiger partial charge on any atom is -0.326 e. The van der Waals surface area contributed by atoms with E-state index >= 15 is 0 Å². The third-order valence-corrected chi connectivity index (χ3v) is 6.75. The molecular formula is C26H24N4O3S. The topological polar surface area (TPSA) is 93.1 Å². The molecule has 5 rings (SSSR count). The molecule has 2 aromatic heterocycles. The molecule has 172 valence electrons. The molecule has 2 N–H and O–H groups in total. The molecule has 4 aromatic rings. The van der Waals surface area contributed by atoms with Crippen molar-refractivity contribution in [2.45, 2.75) is 32.7 Å². The molecule has 1 fully saturated rings. The summed E-state index contributed by atoms with van der Waals surface area (Å²) in [7, 11) is 0. The Morgan fingerprint density at radius 3 is 2.56 bits per heavy atom. The number of amides is 2. The molecule has 0 unspecified atom stereocenters. The van der Waals surface area contributed by atoms with Crippen LogP contribution in [0.2, 0.25) is 0 Å². The first-order valence-electron chi connectivity index (χ1n) is 11.2. The van der Waals surface area contributed by atoms with Crippen LogP contribution < -0.4 is 16.2 Å². The molecule has 0 bridgehead atoms. The third-order valence-electron chi connectivity index (χ3n) is 5.87. The minimum absolute atomic E-state index is 0.0178. The molecule has 34 heavy (non-hydrogen) atoms. The summed E-state index contributed by atoms with van der Waals surface area (Å²) in [5.74, 6) is -0.0943. The second kappa shape index (κ2) is 9.23. The highest BCUT2D eigenvalue weighted by Crippen LogP contribution is 2.31. The molecule has 2 aromatic carbocycles. The number of benzene rings is 2. The van der Waals surface area contributed by atoms with Crippen molar-refractivity contribution in [2.24, 2.45) is 5.92 Å². The first-order chi connectivity index (χ1) is 16.5. The Balaban J connectivity index is 1.27. The molecule has 1 aliphatic carbocycles. The van der Waals surface area contributed by atoms with Gasteiger partial charge in [0.1, 0.15) is 4.83 Å². The molecule has 0 saturated heterocycles. The van der Waals surface area contributed by atoms with Crippen LogP contribution in [0.1, 0.15) is 24.8 Å². The van der Waals surface area contributed by atoms with Gasteiger partial charge in [0.15, 0.2) is 0 Å². The molecule has 8 heteroatoms. The van der Waals surface area contributed by atoms with Crippen LogP contribution in [0.25, 0.3) is 21.3 Å². The quantitative estimate of drug-likeness (QED) is 0.404. The summed E-state index contributed by atoms with van der Waals surface area (Å²) in [5.41, 5.74) is 4.09. The van der Waals surface area contributed by atoms with Crippen LogP contribution >= 0.6 is 11.3 Å². The van der Waals surface area contributed by atoms with Gasteiger partial charge >= 0.3 is 0 Å². The molecule has 0 atom stereocenters. The number of nitrogens with zero attached hydrogens (tertiary/aromatic N) is 2. The SMILES string of the molecule is Cc1ccc(-c2csc3ncn(CCC(=O)Nc4cccc(NC(=O)C5CC5)c4)c(=O)c23)cc1. The van der Waals surface area contributed by atoms with E-state index < -0.39 is 0 Å². The number of hydrogen-bond acceptors (Lipinski definition) is 5. The van der Waals surface area contributed by atoms with Crippen molar-refractivity contribution in [2.75, 3.05) is 10.6 Å². The molecule has 0 spiro atoms. The Morgan fingerprint density at radius 1 is 1.09 bits per heavy atom. The molecule has 2 amide bonds. The molecule has 1 saturated carbocycles. The van der Waals surface area contributed by atoms with Gasteiger partial charge in [-0.15, -0.1) is 11.3 Å². The number of hydrogen-bond donors (Lipinski definition) is 2. The van der Waals surface area contributed by atoms with Crippen LogP contribution in [0.3, 0.4) is 0 Å². The standard InChI is InChI=1S/C26H24N4O3S/c1-16-5-7-17(8-6-16)21-14-34-25-23(21)26(33)30(15-27-25)12-11-22(31)28-19-3-2-4-20(13-19)29-24(32)18-9-10-18/h2-8,13-15,18H,9-12H2,1H3,(H,28,31)(H,29,32). The Labute approximate surface area is 200 Å². The van der Waals surface area contributed by atoms with Crippen LogP contribution in [-0.2, 0) is 16.1 Å². The first kappa shape index (κ1) is 22.0. The van der Waals surface area contributed by atoms with E-state index in [1.165, 1.54) is 22.2 Å². The lowest BCUT2D eigenvalue weighted by Gasteiger charge is -2.10. The molecule has 2 heterocycles. The fraction of sp³-hybridized carbons (Fsp3) is 0.231. The summed E-state index contributed by atoms with van der Waals surface area (Å²) in [4.78, 5) is 42.8. The average molecular weight is 473 g/mol. The van der Waals surface area contributed by atoms with E-state index in [0.717, 1.165) is 29.5 Å². The fourth-order valence-electron chi connectivity index (χ4n) is 3.78. The van der Waals surface area contributed by atoms with Gasteiger partial charge in [-0.05, 0) is 43.5 Å². The van der Waals surface area contributed by atoms with E-state index in [0.29, 0.717) is 21.6 Å². The summed E-state index contributed by atoms with van der Waals surface area (Å²) in [6, 6.07) is 15.1. The van der Waals surface area contributed by atoms with Gasteiger partial charge in [-0.25, -0.2) is 4.98 Å². The number of anilines is 2. The van der Waals surface area contributed by atoms with Gasteiger partial charge in [-0.2, -0.15) is 0 Å². The predicted molar refractivity (Wildman–Crippen MR) is 135 cm³/mol. The van der Waals surface area contributed by atoms with Crippen LogP contribution in [0.5, 0.6) is 0 Å². The van der Waals surface area contributed by atoms with E-state index in [2.05, 4.69) is 15.6 Å². The van der Waals surface area contributed by atoms with Gasteiger partial charge in [0.2, 0.25) is 11.8 Å². The van der Waals surface area contributed by atoms with Gasteiger partial charge in [0, 0.05) is 41.2 Å². The normalized spacial score (nSPS) is 13.1. The highest BCUT2D eigenvalue weighted by Gasteiger charge is 2.29. The van der Waals surface area contributed by atoms with Crippen molar-refractivity contribution in [3.63, 3.8) is 0 Å². The fourth-order valence-corrected chi connectivity index (χ4v) is 4.69. The largest absolute Gasteiger partial charge is 0.326 e. The summed E-state index contributed by atoms with van der Waals surface area (Å²) < 4.78 is 1.48. The summed E-state index contributed by atoms with van der Waals surface area (Å²) in [5, 5.41) is 8.25. The maximum atomic E-state index is 13.2. The molecule has 0 aliphatic heterocycles. The maximum absolute atomic E-state index is 13.2. The first-order valence-corrected chi connectivity index (χ1v) is 12.1. The average Bonchev–Trinajstić information content (AvgIpc) is 3.59. The second-order valence-corrected chi connectivity index (χ2v) is 9.44. The van der Waals surface area contributed by atoms with Gasteiger partial charge in [-0.1, -0.05) is 35.9 Å². The van der Waals surface area contributed by atoms with Crippen LogP contribution in [0.4, 0.5) is 11.4 Å². The number of nitrogens with one attached hydrogen (secondary N) is 2. The number of thiophene rings is 1. The predicted octanol–water partition coefficient (Wildman–Crippen LogP) is 4.81. The van der Waals surface area contributed by atoms with Gasteiger partial charge in [0.05, 0.1) is 11.7 Å². The van der Waals surface area contributed by atoms with Crippen LogP contribution in [0, 0.1) is 12.8 Å². The van der Waals surface area contributed by atoms with Crippen molar-refractivity contribution >= 4 is 44.7 Å². The van der Waals surface area contributed by atoms with Crippen LogP contribution in [-0.4, -0.2) is 21.4 Å². The van der Waals surface area contributed by atoms with E-state index in [1.807, 2.05) is 36.6 Å². The lowest BCUT2D eigenvalue weighted by molar-refractivity contribution is -0.117.